The van der Waals surface area contributed by atoms with Crippen LogP contribution in [0.3, 0.4) is 0 Å². The second-order valence-electron chi connectivity index (χ2n) is 2.81. The van der Waals surface area contributed by atoms with E-state index < -0.39 is 0 Å². The van der Waals surface area contributed by atoms with E-state index in [4.69, 9.17) is 0 Å². The van der Waals surface area contributed by atoms with E-state index in [0.29, 0.717) is 5.75 Å². The summed E-state index contributed by atoms with van der Waals surface area (Å²) in [5, 5.41) is 9.47. The van der Waals surface area contributed by atoms with Gasteiger partial charge in [-0.25, -0.2) is 0 Å². The van der Waals surface area contributed by atoms with Gasteiger partial charge in [-0.2, -0.15) is 0 Å². The third-order valence-corrected chi connectivity index (χ3v) is 1.84. The molecular weight excluding hydrogens is 148 g/mol. The highest BCUT2D eigenvalue weighted by Crippen LogP contribution is 2.23. The minimum Gasteiger partial charge on any atom is -0.507 e. The molecule has 1 aromatic rings. The zero-order chi connectivity index (χ0) is 8.97. The van der Waals surface area contributed by atoms with Crippen molar-refractivity contribution >= 4 is 5.57 Å². The molecule has 1 nitrogen and oxygen atoms in total. The molecule has 0 radical (unpaired) electrons. The second kappa shape index (κ2) is 3.96. The number of aromatic hydroxyl groups is 1. The number of benzene rings is 1. The summed E-state index contributed by atoms with van der Waals surface area (Å²) in [6.45, 7) is 4.10. The van der Waals surface area contributed by atoms with Gasteiger partial charge in [-0.1, -0.05) is 31.2 Å². The first kappa shape index (κ1) is 8.85. The van der Waals surface area contributed by atoms with E-state index in [1.165, 1.54) is 0 Å². The molecule has 0 saturated heterocycles. The average Bonchev–Trinajstić information content (AvgIpc) is 2.05. The molecule has 0 unspecified atom stereocenters. The lowest BCUT2D eigenvalue weighted by Crippen LogP contribution is -1.79. The summed E-state index contributed by atoms with van der Waals surface area (Å²) in [6, 6.07) is 7.40. The van der Waals surface area contributed by atoms with Gasteiger partial charge in [0.05, 0.1) is 0 Å². The van der Waals surface area contributed by atoms with E-state index in [-0.39, 0.29) is 0 Å². The van der Waals surface area contributed by atoms with E-state index in [2.05, 4.69) is 13.0 Å². The Morgan fingerprint density at radius 1 is 1.42 bits per heavy atom. The highest BCUT2D eigenvalue weighted by atomic mass is 16.3. The average molecular weight is 162 g/mol. The van der Waals surface area contributed by atoms with Gasteiger partial charge in [-0.3, -0.25) is 0 Å². The van der Waals surface area contributed by atoms with Crippen molar-refractivity contribution in [1.29, 1.82) is 0 Å². The quantitative estimate of drug-likeness (QED) is 0.708. The summed E-state index contributed by atoms with van der Waals surface area (Å²) < 4.78 is 0. The summed E-state index contributed by atoms with van der Waals surface area (Å²) in [6.07, 6.45) is 3.11. The van der Waals surface area contributed by atoms with Crippen molar-refractivity contribution < 1.29 is 5.11 Å². The first-order chi connectivity index (χ1) is 5.75. The Labute approximate surface area is 73.4 Å². The molecular formula is C11H14O. The number of hydrogen-bond donors (Lipinski definition) is 1. The molecule has 0 aliphatic heterocycles. The fraction of sp³-hybridized carbons (Fsp3) is 0.273. The van der Waals surface area contributed by atoms with Crippen molar-refractivity contribution in [2.45, 2.75) is 20.3 Å². The van der Waals surface area contributed by atoms with Crippen LogP contribution in [0, 0.1) is 0 Å². The molecule has 0 aliphatic carbocycles. The predicted octanol–water partition coefficient (Wildman–Crippen LogP) is 3.21. The molecule has 0 saturated carbocycles. The van der Waals surface area contributed by atoms with Gasteiger partial charge in [0, 0.05) is 5.56 Å². The standard InChI is InChI=1S/C11H14O/c1-3-6-9(2)10-7-4-5-8-11(10)12/h4-8,12H,3H2,1-2H3/b9-6-. The van der Waals surface area contributed by atoms with Crippen LogP contribution in [0.15, 0.2) is 30.3 Å². The van der Waals surface area contributed by atoms with Gasteiger partial charge >= 0.3 is 0 Å². The Hall–Kier alpha value is -1.24. The second-order valence-corrected chi connectivity index (χ2v) is 2.81. The first-order valence-corrected chi connectivity index (χ1v) is 4.20. The smallest absolute Gasteiger partial charge is 0.123 e. The van der Waals surface area contributed by atoms with Gasteiger partial charge in [0.15, 0.2) is 0 Å². The number of rotatable bonds is 2. The van der Waals surface area contributed by atoms with Crippen molar-refractivity contribution in [3.05, 3.63) is 35.9 Å². The summed E-state index contributed by atoms with van der Waals surface area (Å²) in [4.78, 5) is 0. The Morgan fingerprint density at radius 2 is 2.08 bits per heavy atom. The fourth-order valence-corrected chi connectivity index (χ4v) is 1.22. The number of phenols is 1. The molecule has 1 N–H and O–H groups in total. The minimum absolute atomic E-state index is 0.361. The largest absolute Gasteiger partial charge is 0.507 e. The SMILES string of the molecule is CC/C=C(/C)c1ccccc1O. The van der Waals surface area contributed by atoms with E-state index in [1.807, 2.05) is 25.1 Å². The van der Waals surface area contributed by atoms with Crippen LogP contribution in [-0.2, 0) is 0 Å². The van der Waals surface area contributed by atoms with Crippen LogP contribution in [0.4, 0.5) is 0 Å². The number of para-hydroxylation sites is 1. The lowest BCUT2D eigenvalue weighted by Gasteiger charge is -2.03. The lowest BCUT2D eigenvalue weighted by atomic mass is 10.1. The Balaban J connectivity index is 3.02. The highest BCUT2D eigenvalue weighted by molar-refractivity contribution is 5.68. The molecule has 12 heavy (non-hydrogen) atoms. The molecule has 0 fully saturated rings. The van der Waals surface area contributed by atoms with Crippen LogP contribution in [0.1, 0.15) is 25.8 Å². The predicted molar refractivity (Wildman–Crippen MR) is 52.0 cm³/mol. The van der Waals surface area contributed by atoms with Crippen LogP contribution in [0.5, 0.6) is 5.75 Å². The van der Waals surface area contributed by atoms with Crippen LogP contribution in [0.2, 0.25) is 0 Å². The number of phenolic OH excluding ortho intramolecular Hbond substituents is 1. The summed E-state index contributed by atoms with van der Waals surface area (Å²) in [5.74, 6) is 0.361. The minimum atomic E-state index is 0.361. The Bertz CT molecular complexity index is 287. The molecule has 1 rings (SSSR count). The third kappa shape index (κ3) is 1.88. The van der Waals surface area contributed by atoms with Crippen LogP contribution < -0.4 is 0 Å². The van der Waals surface area contributed by atoms with Gasteiger partial charge in [-0.15, -0.1) is 0 Å². The Morgan fingerprint density at radius 3 is 2.67 bits per heavy atom. The third-order valence-electron chi connectivity index (χ3n) is 1.84. The summed E-state index contributed by atoms with van der Waals surface area (Å²) >= 11 is 0. The molecule has 0 spiro atoms. The maximum absolute atomic E-state index is 9.47. The maximum atomic E-state index is 9.47. The van der Waals surface area contributed by atoms with Gasteiger partial charge in [0.25, 0.3) is 0 Å². The van der Waals surface area contributed by atoms with Gasteiger partial charge in [0.2, 0.25) is 0 Å². The molecule has 0 aliphatic rings. The van der Waals surface area contributed by atoms with Crippen molar-refractivity contribution in [3.63, 3.8) is 0 Å². The molecule has 1 heteroatoms. The number of hydrogen-bond acceptors (Lipinski definition) is 1. The van der Waals surface area contributed by atoms with Crippen molar-refractivity contribution in [1.82, 2.24) is 0 Å². The zero-order valence-corrected chi connectivity index (χ0v) is 7.54. The molecule has 0 amide bonds. The van der Waals surface area contributed by atoms with Gasteiger partial charge in [0.1, 0.15) is 5.75 Å². The molecule has 0 atom stereocenters. The van der Waals surface area contributed by atoms with Gasteiger partial charge in [-0.05, 0) is 25.0 Å². The molecule has 1 aromatic carbocycles. The maximum Gasteiger partial charge on any atom is 0.123 e. The monoisotopic (exact) mass is 162 g/mol. The van der Waals surface area contributed by atoms with E-state index in [0.717, 1.165) is 17.6 Å². The summed E-state index contributed by atoms with van der Waals surface area (Å²) in [7, 11) is 0. The normalized spacial score (nSPS) is 11.7. The molecule has 0 bridgehead atoms. The Kier molecular flexibility index (Phi) is 2.92. The molecule has 0 heterocycles. The first-order valence-electron chi connectivity index (χ1n) is 4.20. The highest BCUT2D eigenvalue weighted by Gasteiger charge is 1.99. The number of allylic oxidation sites excluding steroid dienone is 2. The molecule has 64 valence electrons. The van der Waals surface area contributed by atoms with Crippen LogP contribution >= 0.6 is 0 Å². The van der Waals surface area contributed by atoms with Gasteiger partial charge < -0.3 is 5.11 Å². The van der Waals surface area contributed by atoms with E-state index in [9.17, 15) is 5.11 Å². The zero-order valence-electron chi connectivity index (χ0n) is 7.54. The van der Waals surface area contributed by atoms with Crippen molar-refractivity contribution in [2.24, 2.45) is 0 Å². The van der Waals surface area contributed by atoms with Crippen LogP contribution in [0.25, 0.3) is 5.57 Å². The van der Waals surface area contributed by atoms with Crippen molar-refractivity contribution in [2.75, 3.05) is 0 Å². The molecule has 0 aromatic heterocycles. The van der Waals surface area contributed by atoms with Crippen LogP contribution in [-0.4, -0.2) is 5.11 Å². The topological polar surface area (TPSA) is 20.2 Å². The van der Waals surface area contributed by atoms with Crippen molar-refractivity contribution in [3.8, 4) is 5.75 Å². The summed E-state index contributed by atoms with van der Waals surface area (Å²) in [5.41, 5.74) is 2.06. The van der Waals surface area contributed by atoms with E-state index in [1.54, 1.807) is 6.07 Å². The van der Waals surface area contributed by atoms with E-state index >= 15 is 0 Å². The lowest BCUT2D eigenvalue weighted by molar-refractivity contribution is 0.473. The fourth-order valence-electron chi connectivity index (χ4n) is 1.22.